The smallest absolute Gasteiger partial charge is 0.286 e. The van der Waals surface area contributed by atoms with Crippen molar-refractivity contribution >= 4 is 22.1 Å². The van der Waals surface area contributed by atoms with Gasteiger partial charge in [0.1, 0.15) is 17.1 Å². The van der Waals surface area contributed by atoms with Crippen molar-refractivity contribution in [3.63, 3.8) is 0 Å². The predicted molar refractivity (Wildman–Crippen MR) is 48.0 cm³/mol. The zero-order chi connectivity index (χ0) is 8.67. The van der Waals surface area contributed by atoms with Crippen LogP contribution in [0.15, 0.2) is 30.9 Å². The summed E-state index contributed by atoms with van der Waals surface area (Å²) < 4.78 is 0. The van der Waals surface area contributed by atoms with E-state index < -0.39 is 0 Å². The molecule has 3 aromatic rings. The molecule has 0 radical (unpaired) electrons. The van der Waals surface area contributed by atoms with Crippen molar-refractivity contribution in [1.82, 2.24) is 15.0 Å². The molecule has 0 saturated carbocycles. The number of rotatable bonds is 0. The first-order valence-corrected chi connectivity index (χ1v) is 4.03. The lowest BCUT2D eigenvalue weighted by molar-refractivity contribution is -0.380. The van der Waals surface area contributed by atoms with Crippen LogP contribution in [0.1, 0.15) is 0 Å². The summed E-state index contributed by atoms with van der Waals surface area (Å²) in [5, 5.41) is 1.03. The van der Waals surface area contributed by atoms with Crippen molar-refractivity contribution in [2.75, 3.05) is 0 Å². The fraction of sp³-hybridized carbons (Fsp3) is 0. The largest absolute Gasteiger partial charge is 0.317 e. The Morgan fingerprint density at radius 3 is 3.31 bits per heavy atom. The molecule has 0 aliphatic carbocycles. The number of nitrogens with one attached hydrogen (secondary N) is 2. The molecule has 0 aliphatic rings. The third-order valence-electron chi connectivity index (χ3n) is 2.07. The minimum absolute atomic E-state index is 0.868. The maximum absolute atomic E-state index is 4.28. The van der Waals surface area contributed by atoms with Crippen LogP contribution >= 0.6 is 0 Å². The summed E-state index contributed by atoms with van der Waals surface area (Å²) in [6, 6.07) is 3.89. The van der Waals surface area contributed by atoms with Gasteiger partial charge in [-0.15, -0.1) is 0 Å². The minimum Gasteiger partial charge on any atom is -0.317 e. The second-order valence-electron chi connectivity index (χ2n) is 2.86. The lowest BCUT2D eigenvalue weighted by Gasteiger charge is -1.83. The van der Waals surface area contributed by atoms with Gasteiger partial charge in [-0.1, -0.05) is 0 Å². The molecule has 2 N–H and O–H groups in total. The van der Waals surface area contributed by atoms with Gasteiger partial charge in [0.05, 0.1) is 5.52 Å². The average Bonchev–Trinajstić information content (AvgIpc) is 2.56. The van der Waals surface area contributed by atoms with E-state index in [4.69, 9.17) is 0 Å². The van der Waals surface area contributed by atoms with E-state index in [1.165, 1.54) is 0 Å². The van der Waals surface area contributed by atoms with E-state index in [-0.39, 0.29) is 0 Å². The van der Waals surface area contributed by atoms with Crippen LogP contribution in [-0.2, 0) is 0 Å². The van der Waals surface area contributed by atoms with Gasteiger partial charge in [-0.3, -0.25) is 4.98 Å². The monoisotopic (exact) mass is 171 g/mol. The Kier molecular flexibility index (Phi) is 1.14. The Balaban J connectivity index is 2.64. The van der Waals surface area contributed by atoms with E-state index in [2.05, 4.69) is 19.9 Å². The molecule has 3 aromatic heterocycles. The molecule has 3 rings (SSSR count). The van der Waals surface area contributed by atoms with Crippen molar-refractivity contribution in [3.05, 3.63) is 30.9 Å². The van der Waals surface area contributed by atoms with Crippen LogP contribution < -0.4 is 4.98 Å². The first-order chi connectivity index (χ1) is 6.45. The van der Waals surface area contributed by atoms with Crippen LogP contribution in [0.5, 0.6) is 0 Å². The highest BCUT2D eigenvalue weighted by atomic mass is 14.9. The molecule has 0 bridgehead atoms. The third kappa shape index (κ3) is 0.823. The van der Waals surface area contributed by atoms with Crippen molar-refractivity contribution in [2.45, 2.75) is 0 Å². The maximum Gasteiger partial charge on any atom is 0.286 e. The quantitative estimate of drug-likeness (QED) is 0.547. The summed E-state index contributed by atoms with van der Waals surface area (Å²) in [6.07, 6.45) is 5.33. The van der Waals surface area contributed by atoms with Crippen LogP contribution in [0.3, 0.4) is 0 Å². The highest BCUT2D eigenvalue weighted by molar-refractivity contribution is 6.02. The Labute approximate surface area is 73.7 Å². The van der Waals surface area contributed by atoms with Crippen molar-refractivity contribution in [1.29, 1.82) is 0 Å². The molecule has 0 atom stereocenters. The lowest BCUT2D eigenvalue weighted by atomic mass is 10.3. The average molecular weight is 171 g/mol. The molecule has 0 unspecified atom stereocenters. The molecule has 62 valence electrons. The number of H-pyrrole nitrogens is 2. The van der Waals surface area contributed by atoms with Gasteiger partial charge in [-0.2, -0.15) is 0 Å². The fourth-order valence-electron chi connectivity index (χ4n) is 1.49. The number of aromatic amines is 2. The van der Waals surface area contributed by atoms with Crippen molar-refractivity contribution in [3.8, 4) is 0 Å². The Hall–Kier alpha value is -1.97. The Morgan fingerprint density at radius 1 is 1.31 bits per heavy atom. The molecule has 0 amide bonds. The number of nitrogens with zero attached hydrogens (tertiary/aromatic N) is 2. The molecule has 4 heteroatoms. The number of hydrogen-bond donors (Lipinski definition) is 1. The minimum atomic E-state index is 0.868. The van der Waals surface area contributed by atoms with Crippen molar-refractivity contribution in [2.24, 2.45) is 0 Å². The molecular formula is C9H7N4+. The number of aromatic nitrogens is 4. The normalized spacial score (nSPS) is 11.1. The van der Waals surface area contributed by atoms with E-state index in [0.29, 0.717) is 0 Å². The molecule has 0 aromatic carbocycles. The van der Waals surface area contributed by atoms with E-state index in [9.17, 15) is 0 Å². The summed E-state index contributed by atoms with van der Waals surface area (Å²) in [5.74, 6) is 0. The molecule has 0 aliphatic heterocycles. The topological polar surface area (TPSA) is 55.7 Å². The predicted octanol–water partition coefficient (Wildman–Crippen LogP) is 0.925. The zero-order valence-corrected chi connectivity index (χ0v) is 6.78. The van der Waals surface area contributed by atoms with E-state index in [1.54, 1.807) is 12.5 Å². The third-order valence-corrected chi connectivity index (χ3v) is 2.07. The molecule has 4 nitrogen and oxygen atoms in total. The number of hydrogen-bond acceptors (Lipinski definition) is 2. The van der Waals surface area contributed by atoms with E-state index in [1.807, 2.05) is 18.3 Å². The van der Waals surface area contributed by atoms with E-state index in [0.717, 1.165) is 22.1 Å². The van der Waals surface area contributed by atoms with Crippen LogP contribution in [-0.4, -0.2) is 15.0 Å². The van der Waals surface area contributed by atoms with Gasteiger partial charge < -0.3 is 4.98 Å². The molecular weight excluding hydrogens is 164 g/mol. The molecule has 0 saturated heterocycles. The van der Waals surface area contributed by atoms with Gasteiger partial charge in [0.25, 0.3) is 12.0 Å². The lowest BCUT2D eigenvalue weighted by Crippen LogP contribution is -1.99. The van der Waals surface area contributed by atoms with Crippen LogP contribution in [0.25, 0.3) is 22.1 Å². The summed E-state index contributed by atoms with van der Waals surface area (Å²) in [6.45, 7) is 0. The SMILES string of the molecule is c1cnc2c(c1)[nH]c1nc[nH+]cc12. The first kappa shape index (κ1) is 6.54. The number of pyridine rings is 1. The molecule has 0 fully saturated rings. The summed E-state index contributed by atoms with van der Waals surface area (Å²) in [5.41, 5.74) is 2.85. The highest BCUT2D eigenvalue weighted by Gasteiger charge is 2.08. The van der Waals surface area contributed by atoms with Gasteiger partial charge in [0.15, 0.2) is 0 Å². The summed E-state index contributed by atoms with van der Waals surface area (Å²) in [7, 11) is 0. The standard InChI is InChI=1S/C9H6N4/c1-2-7-8(11-3-1)6-4-10-5-12-9(6)13-7/h1-5H,(H,10,12,13)/p+1. The van der Waals surface area contributed by atoms with Crippen molar-refractivity contribution < 1.29 is 4.98 Å². The summed E-state index contributed by atoms with van der Waals surface area (Å²) in [4.78, 5) is 14.6. The van der Waals surface area contributed by atoms with Crippen LogP contribution in [0, 0.1) is 0 Å². The van der Waals surface area contributed by atoms with Crippen LogP contribution in [0.4, 0.5) is 0 Å². The van der Waals surface area contributed by atoms with Gasteiger partial charge in [0, 0.05) is 6.20 Å². The molecule has 0 spiro atoms. The van der Waals surface area contributed by atoms with Gasteiger partial charge in [0.2, 0.25) is 0 Å². The highest BCUT2D eigenvalue weighted by Crippen LogP contribution is 2.18. The molecule has 3 heterocycles. The van der Waals surface area contributed by atoms with E-state index >= 15 is 0 Å². The fourth-order valence-corrected chi connectivity index (χ4v) is 1.49. The van der Waals surface area contributed by atoms with Crippen LogP contribution in [0.2, 0.25) is 0 Å². The van der Waals surface area contributed by atoms with Gasteiger partial charge in [-0.05, 0) is 17.1 Å². The number of fused-ring (bicyclic) bond motifs is 3. The second kappa shape index (κ2) is 2.26. The first-order valence-electron chi connectivity index (χ1n) is 4.03. The van der Waals surface area contributed by atoms with Gasteiger partial charge >= 0.3 is 0 Å². The Morgan fingerprint density at radius 2 is 2.31 bits per heavy atom. The zero-order valence-electron chi connectivity index (χ0n) is 6.78. The summed E-state index contributed by atoms with van der Waals surface area (Å²) >= 11 is 0. The Bertz CT molecular complexity index is 519. The maximum atomic E-state index is 4.28. The molecule has 13 heavy (non-hydrogen) atoms. The van der Waals surface area contributed by atoms with Gasteiger partial charge in [-0.25, -0.2) is 4.98 Å². The second-order valence-corrected chi connectivity index (χ2v) is 2.86.